The molecule has 0 radical (unpaired) electrons. The zero-order chi connectivity index (χ0) is 19.9. The number of nitrogens with one attached hydrogen (secondary N) is 3. The van der Waals surface area contributed by atoms with Gasteiger partial charge in [0, 0.05) is 27.5 Å². The third-order valence-corrected chi connectivity index (χ3v) is 4.23. The van der Waals surface area contributed by atoms with E-state index in [0.717, 1.165) is 0 Å². The number of halogens is 1. The van der Waals surface area contributed by atoms with Crippen LogP contribution in [0.3, 0.4) is 0 Å². The number of carbonyl (C=O) groups excluding carboxylic acids is 2. The molecule has 3 rings (SSSR count). The average molecular weight is 410 g/mol. The van der Waals surface area contributed by atoms with Crippen molar-refractivity contribution in [2.75, 3.05) is 10.6 Å². The van der Waals surface area contributed by atoms with E-state index in [0.29, 0.717) is 27.5 Å². The second-order valence-corrected chi connectivity index (χ2v) is 6.66. The second-order valence-electron chi connectivity index (χ2n) is 5.81. The van der Waals surface area contributed by atoms with Crippen LogP contribution in [0.4, 0.5) is 11.4 Å². The van der Waals surface area contributed by atoms with Crippen molar-refractivity contribution in [1.29, 1.82) is 0 Å². The molecule has 0 aromatic heterocycles. The van der Waals surface area contributed by atoms with Crippen LogP contribution in [0.2, 0.25) is 5.02 Å². The summed E-state index contributed by atoms with van der Waals surface area (Å²) in [5, 5.41) is 9.06. The molecule has 3 aromatic carbocycles. The van der Waals surface area contributed by atoms with Gasteiger partial charge in [-0.1, -0.05) is 29.8 Å². The summed E-state index contributed by atoms with van der Waals surface area (Å²) in [5.41, 5.74) is 2.36. The Bertz CT molecular complexity index is 990. The summed E-state index contributed by atoms with van der Waals surface area (Å²) in [7, 11) is 0. The lowest BCUT2D eigenvalue weighted by Gasteiger charge is -2.11. The molecule has 0 saturated heterocycles. The number of hydrogen-bond donors (Lipinski definition) is 3. The van der Waals surface area contributed by atoms with Crippen LogP contribution in [0.1, 0.15) is 20.7 Å². The van der Waals surface area contributed by atoms with Crippen molar-refractivity contribution in [1.82, 2.24) is 5.32 Å². The molecule has 0 atom stereocenters. The molecule has 0 aliphatic heterocycles. The molecule has 0 saturated carbocycles. The predicted octanol–water partition coefficient (Wildman–Crippen LogP) is 4.72. The summed E-state index contributed by atoms with van der Waals surface area (Å²) in [4.78, 5) is 24.3. The minimum absolute atomic E-state index is 0.168. The van der Waals surface area contributed by atoms with Crippen LogP contribution < -0.4 is 16.0 Å². The van der Waals surface area contributed by atoms with Crippen LogP contribution >= 0.6 is 23.8 Å². The molecule has 0 fully saturated rings. The van der Waals surface area contributed by atoms with E-state index in [2.05, 4.69) is 16.0 Å². The van der Waals surface area contributed by atoms with E-state index in [1.807, 2.05) is 6.07 Å². The summed E-state index contributed by atoms with van der Waals surface area (Å²) in [6.07, 6.45) is 0. The first kappa shape index (κ1) is 19.5. The van der Waals surface area contributed by atoms with Crippen LogP contribution in [0.25, 0.3) is 0 Å². The molecule has 5 nitrogen and oxygen atoms in total. The molecular formula is C21H16ClN3O2S. The number of anilines is 2. The van der Waals surface area contributed by atoms with E-state index >= 15 is 0 Å². The molecule has 28 heavy (non-hydrogen) atoms. The molecule has 0 spiro atoms. The monoisotopic (exact) mass is 409 g/mol. The van der Waals surface area contributed by atoms with E-state index in [-0.39, 0.29) is 16.9 Å². The van der Waals surface area contributed by atoms with Crippen molar-refractivity contribution < 1.29 is 9.59 Å². The van der Waals surface area contributed by atoms with Crippen molar-refractivity contribution in [2.45, 2.75) is 0 Å². The predicted molar refractivity (Wildman–Crippen MR) is 116 cm³/mol. The highest BCUT2D eigenvalue weighted by Gasteiger charge is 2.08. The van der Waals surface area contributed by atoms with Gasteiger partial charge in [0.15, 0.2) is 5.11 Å². The van der Waals surface area contributed by atoms with Gasteiger partial charge in [0.25, 0.3) is 11.8 Å². The van der Waals surface area contributed by atoms with Gasteiger partial charge in [-0.2, -0.15) is 0 Å². The normalized spacial score (nSPS) is 10.0. The van der Waals surface area contributed by atoms with Crippen molar-refractivity contribution >= 4 is 52.1 Å². The van der Waals surface area contributed by atoms with Crippen LogP contribution in [0, 0.1) is 0 Å². The molecule has 0 aliphatic rings. The van der Waals surface area contributed by atoms with Crippen LogP contribution in [-0.4, -0.2) is 16.9 Å². The van der Waals surface area contributed by atoms with Gasteiger partial charge in [-0.05, 0) is 72.9 Å². The number of benzene rings is 3. The first-order chi connectivity index (χ1) is 13.5. The Morgan fingerprint density at radius 2 is 1.21 bits per heavy atom. The quantitative estimate of drug-likeness (QED) is 0.545. The smallest absolute Gasteiger partial charge is 0.257 e. The first-order valence-electron chi connectivity index (χ1n) is 8.35. The fourth-order valence-corrected chi connectivity index (χ4v) is 2.71. The second kappa shape index (κ2) is 9.12. The Kier molecular flexibility index (Phi) is 6.37. The maximum absolute atomic E-state index is 12.2. The van der Waals surface area contributed by atoms with E-state index in [9.17, 15) is 9.59 Å². The highest BCUT2D eigenvalue weighted by Crippen LogP contribution is 2.15. The molecule has 0 heterocycles. The topological polar surface area (TPSA) is 70.2 Å². The van der Waals surface area contributed by atoms with E-state index < -0.39 is 0 Å². The SMILES string of the molecule is O=C(NC(=S)Nc1ccc(NC(=O)c2ccccc2)cc1)c1ccc(Cl)cc1. The highest BCUT2D eigenvalue weighted by atomic mass is 35.5. The summed E-state index contributed by atoms with van der Waals surface area (Å²) >= 11 is 11.0. The number of hydrogen-bond acceptors (Lipinski definition) is 3. The minimum Gasteiger partial charge on any atom is -0.332 e. The lowest BCUT2D eigenvalue weighted by molar-refractivity contribution is 0.0976. The summed E-state index contributed by atoms with van der Waals surface area (Å²) in [5.74, 6) is -0.520. The lowest BCUT2D eigenvalue weighted by Crippen LogP contribution is -2.34. The molecule has 0 unspecified atom stereocenters. The molecule has 0 bridgehead atoms. The van der Waals surface area contributed by atoms with Gasteiger partial charge in [-0.3, -0.25) is 14.9 Å². The molecule has 7 heteroatoms. The Labute approximate surface area is 172 Å². The maximum atomic E-state index is 12.2. The number of rotatable bonds is 4. The molecular weight excluding hydrogens is 394 g/mol. The highest BCUT2D eigenvalue weighted by molar-refractivity contribution is 7.80. The number of thiocarbonyl (C=S) groups is 1. The fraction of sp³-hybridized carbons (Fsp3) is 0. The van der Waals surface area contributed by atoms with Crippen molar-refractivity contribution in [3.63, 3.8) is 0 Å². The van der Waals surface area contributed by atoms with Crippen molar-refractivity contribution in [3.8, 4) is 0 Å². The average Bonchev–Trinajstić information content (AvgIpc) is 2.70. The Hall–Kier alpha value is -3.22. The molecule has 3 N–H and O–H groups in total. The zero-order valence-corrected chi connectivity index (χ0v) is 16.2. The largest absolute Gasteiger partial charge is 0.332 e. The molecule has 140 valence electrons. The van der Waals surface area contributed by atoms with Gasteiger partial charge in [-0.15, -0.1) is 0 Å². The third-order valence-electron chi connectivity index (χ3n) is 3.77. The Morgan fingerprint density at radius 1 is 0.679 bits per heavy atom. The number of amides is 2. The summed E-state index contributed by atoms with van der Waals surface area (Å²) in [6.45, 7) is 0. The Balaban J connectivity index is 1.55. The van der Waals surface area contributed by atoms with E-state index in [1.54, 1.807) is 72.8 Å². The fourth-order valence-electron chi connectivity index (χ4n) is 2.37. The van der Waals surface area contributed by atoms with Gasteiger partial charge >= 0.3 is 0 Å². The van der Waals surface area contributed by atoms with Gasteiger partial charge in [0.1, 0.15) is 0 Å². The van der Waals surface area contributed by atoms with E-state index in [4.69, 9.17) is 23.8 Å². The third kappa shape index (κ3) is 5.39. The van der Waals surface area contributed by atoms with Gasteiger partial charge in [-0.25, -0.2) is 0 Å². The van der Waals surface area contributed by atoms with Crippen LogP contribution in [0.5, 0.6) is 0 Å². The molecule has 3 aromatic rings. The Morgan fingerprint density at radius 3 is 1.82 bits per heavy atom. The lowest BCUT2D eigenvalue weighted by atomic mass is 10.2. The first-order valence-corrected chi connectivity index (χ1v) is 9.14. The minimum atomic E-state index is -0.332. The molecule has 0 aliphatic carbocycles. The standard InChI is InChI=1S/C21H16ClN3O2S/c22-16-8-6-15(7-9-16)20(27)25-21(28)24-18-12-10-17(11-13-18)23-19(26)14-4-2-1-3-5-14/h1-13H,(H,23,26)(H2,24,25,27,28). The zero-order valence-electron chi connectivity index (χ0n) is 14.6. The van der Waals surface area contributed by atoms with Gasteiger partial charge in [0.05, 0.1) is 0 Å². The van der Waals surface area contributed by atoms with Crippen LogP contribution in [0.15, 0.2) is 78.9 Å². The van der Waals surface area contributed by atoms with Crippen molar-refractivity contribution in [3.05, 3.63) is 95.0 Å². The van der Waals surface area contributed by atoms with Gasteiger partial charge < -0.3 is 10.6 Å². The summed E-state index contributed by atoms with van der Waals surface area (Å²) in [6, 6.07) is 22.4. The van der Waals surface area contributed by atoms with Gasteiger partial charge in [0.2, 0.25) is 0 Å². The maximum Gasteiger partial charge on any atom is 0.257 e. The van der Waals surface area contributed by atoms with E-state index in [1.165, 1.54) is 0 Å². The number of carbonyl (C=O) groups is 2. The van der Waals surface area contributed by atoms with Crippen molar-refractivity contribution in [2.24, 2.45) is 0 Å². The van der Waals surface area contributed by atoms with Crippen LogP contribution in [-0.2, 0) is 0 Å². The summed E-state index contributed by atoms with van der Waals surface area (Å²) < 4.78 is 0. The molecule has 2 amide bonds.